The highest BCUT2D eigenvalue weighted by atomic mass is 16.5. The Labute approximate surface area is 174 Å². The van der Waals surface area contributed by atoms with Gasteiger partial charge in [0.05, 0.1) is 19.9 Å². The molecule has 1 heterocycles. The minimum Gasteiger partial charge on any atom is -0.508 e. The van der Waals surface area contributed by atoms with Crippen molar-refractivity contribution in [3.05, 3.63) is 65.4 Å². The molecule has 0 radical (unpaired) electrons. The summed E-state index contributed by atoms with van der Waals surface area (Å²) in [5.41, 5.74) is 1.66. The van der Waals surface area contributed by atoms with E-state index in [1.54, 1.807) is 36.4 Å². The maximum atomic E-state index is 12.7. The highest BCUT2D eigenvalue weighted by Gasteiger charge is 2.31. The molecule has 1 aromatic heterocycles. The minimum atomic E-state index is -0.730. The number of para-hydroxylation sites is 1. The number of aromatic nitrogens is 2. The second kappa shape index (κ2) is 8.02. The van der Waals surface area contributed by atoms with Gasteiger partial charge < -0.3 is 14.6 Å². The molecule has 0 amide bonds. The zero-order valence-corrected chi connectivity index (χ0v) is 17.6. The molecule has 0 spiro atoms. The molecule has 0 atom stereocenters. The molecule has 0 aliphatic rings. The van der Waals surface area contributed by atoms with Crippen LogP contribution in [0.25, 0.3) is 16.9 Å². The zero-order chi connectivity index (χ0) is 22.1. The number of methoxy groups -OCH3 is 2. The summed E-state index contributed by atoms with van der Waals surface area (Å²) in [4.78, 5) is 25.3. The van der Waals surface area contributed by atoms with Crippen LogP contribution in [0.3, 0.4) is 0 Å². The fraction of sp³-hybridized carbons (Fsp3) is 0.261. The van der Waals surface area contributed by atoms with Crippen molar-refractivity contribution >= 4 is 11.9 Å². The van der Waals surface area contributed by atoms with Crippen molar-refractivity contribution in [2.24, 2.45) is 0 Å². The predicted octanol–water partition coefficient (Wildman–Crippen LogP) is 4.12. The predicted molar refractivity (Wildman–Crippen MR) is 112 cm³/mol. The van der Waals surface area contributed by atoms with E-state index in [4.69, 9.17) is 9.47 Å². The fourth-order valence-electron chi connectivity index (χ4n) is 3.27. The summed E-state index contributed by atoms with van der Waals surface area (Å²) in [6, 6.07) is 14.0. The molecule has 0 aliphatic heterocycles. The van der Waals surface area contributed by atoms with Crippen LogP contribution in [0, 0.1) is 0 Å². The molecule has 1 N–H and O–H groups in total. The lowest BCUT2D eigenvalue weighted by molar-refractivity contribution is 0.0549. The molecular formula is C23H24N2O5. The summed E-state index contributed by atoms with van der Waals surface area (Å²) in [7, 11) is 2.46. The first-order valence-electron chi connectivity index (χ1n) is 9.38. The quantitative estimate of drug-likeness (QED) is 0.653. The van der Waals surface area contributed by atoms with E-state index in [1.165, 1.54) is 25.0 Å². The monoisotopic (exact) mass is 408 g/mol. The Hall–Kier alpha value is -3.61. The van der Waals surface area contributed by atoms with Crippen LogP contribution in [0.15, 0.2) is 48.5 Å². The van der Waals surface area contributed by atoms with Gasteiger partial charge in [0.1, 0.15) is 17.0 Å². The molecule has 30 heavy (non-hydrogen) atoms. The average molecular weight is 408 g/mol. The van der Waals surface area contributed by atoms with Gasteiger partial charge in [0.2, 0.25) is 0 Å². The highest BCUT2D eigenvalue weighted by Crippen LogP contribution is 2.36. The number of carbonyl (C=O) groups excluding carboxylic acids is 2. The third-order valence-electron chi connectivity index (χ3n) is 4.73. The summed E-state index contributed by atoms with van der Waals surface area (Å²) in [6.45, 7) is 5.96. The molecule has 0 unspecified atom stereocenters. The van der Waals surface area contributed by atoms with Crippen molar-refractivity contribution in [2.45, 2.75) is 26.2 Å². The van der Waals surface area contributed by atoms with Gasteiger partial charge in [-0.15, -0.1) is 0 Å². The maximum Gasteiger partial charge on any atom is 0.357 e. The van der Waals surface area contributed by atoms with Crippen molar-refractivity contribution in [3.8, 4) is 22.7 Å². The highest BCUT2D eigenvalue weighted by molar-refractivity contribution is 6.06. The molecule has 0 bridgehead atoms. The normalized spacial score (nSPS) is 11.2. The van der Waals surface area contributed by atoms with Crippen LogP contribution in [0.2, 0.25) is 0 Å². The van der Waals surface area contributed by atoms with Crippen LogP contribution in [-0.2, 0) is 14.9 Å². The number of benzene rings is 2. The van der Waals surface area contributed by atoms with E-state index in [0.29, 0.717) is 11.3 Å². The number of rotatable bonds is 4. The van der Waals surface area contributed by atoms with Gasteiger partial charge in [-0.1, -0.05) is 51.1 Å². The summed E-state index contributed by atoms with van der Waals surface area (Å²) in [6.07, 6.45) is 0. The number of hydrogen-bond donors (Lipinski definition) is 1. The van der Waals surface area contributed by atoms with Gasteiger partial charge in [-0.2, -0.15) is 5.10 Å². The van der Waals surface area contributed by atoms with Crippen molar-refractivity contribution in [1.29, 1.82) is 0 Å². The second-order valence-electron chi connectivity index (χ2n) is 7.78. The summed E-state index contributed by atoms with van der Waals surface area (Å²) >= 11 is 0. The number of nitrogens with zero attached hydrogens (tertiary/aromatic N) is 2. The number of hydrogen-bond acceptors (Lipinski definition) is 6. The van der Waals surface area contributed by atoms with Crippen molar-refractivity contribution < 1.29 is 24.2 Å². The molecule has 0 saturated carbocycles. The number of esters is 2. The first-order chi connectivity index (χ1) is 14.2. The molecule has 156 valence electrons. The number of aromatic hydroxyl groups is 1. The molecule has 3 aromatic rings. The standard InChI is InChI=1S/C23H24N2O5/c1-23(2,3)16-12-11-14(13-17(16)26)19-18(21(27)29-4)20(22(28)30-5)25(24-19)15-9-7-6-8-10-15/h6-13,26H,1-5H3. The Morgan fingerprint density at radius 3 is 2.13 bits per heavy atom. The lowest BCUT2D eigenvalue weighted by Gasteiger charge is -2.20. The summed E-state index contributed by atoms with van der Waals surface area (Å²) < 4.78 is 11.2. The third-order valence-corrected chi connectivity index (χ3v) is 4.73. The van der Waals surface area contributed by atoms with E-state index < -0.39 is 11.9 Å². The van der Waals surface area contributed by atoms with Gasteiger partial charge in [-0.3, -0.25) is 0 Å². The van der Waals surface area contributed by atoms with Crippen LogP contribution in [0.5, 0.6) is 5.75 Å². The van der Waals surface area contributed by atoms with Crippen molar-refractivity contribution in [3.63, 3.8) is 0 Å². The average Bonchev–Trinajstić information content (AvgIpc) is 3.13. The Morgan fingerprint density at radius 1 is 0.967 bits per heavy atom. The van der Waals surface area contributed by atoms with Crippen LogP contribution in [-0.4, -0.2) is 41.0 Å². The molecular weight excluding hydrogens is 384 g/mol. The van der Waals surface area contributed by atoms with E-state index in [0.717, 1.165) is 5.56 Å². The van der Waals surface area contributed by atoms with Crippen LogP contribution >= 0.6 is 0 Å². The summed E-state index contributed by atoms with van der Waals surface area (Å²) in [5.74, 6) is -1.38. The number of phenolic OH excluding ortho intramolecular Hbond substituents is 1. The Kier molecular flexibility index (Phi) is 5.64. The molecule has 0 fully saturated rings. The van der Waals surface area contributed by atoms with Crippen LogP contribution < -0.4 is 0 Å². The van der Waals surface area contributed by atoms with E-state index in [1.807, 2.05) is 26.8 Å². The lowest BCUT2D eigenvalue weighted by atomic mass is 9.85. The SMILES string of the molecule is COC(=O)c1c(-c2ccc(C(C)(C)C)c(O)c2)nn(-c2ccccc2)c1C(=O)OC. The third kappa shape index (κ3) is 3.78. The van der Waals surface area contributed by atoms with Gasteiger partial charge in [-0.25, -0.2) is 14.3 Å². The van der Waals surface area contributed by atoms with Crippen LogP contribution in [0.1, 0.15) is 47.2 Å². The Balaban J connectivity index is 2.32. The van der Waals surface area contributed by atoms with Gasteiger partial charge in [-0.05, 0) is 29.2 Å². The maximum absolute atomic E-state index is 12.7. The van der Waals surface area contributed by atoms with Gasteiger partial charge >= 0.3 is 11.9 Å². The molecule has 3 rings (SSSR count). The molecule has 7 heteroatoms. The van der Waals surface area contributed by atoms with Crippen molar-refractivity contribution in [1.82, 2.24) is 9.78 Å². The largest absolute Gasteiger partial charge is 0.508 e. The lowest BCUT2D eigenvalue weighted by Crippen LogP contribution is -2.15. The van der Waals surface area contributed by atoms with E-state index in [-0.39, 0.29) is 28.1 Å². The first-order valence-corrected chi connectivity index (χ1v) is 9.38. The van der Waals surface area contributed by atoms with E-state index >= 15 is 0 Å². The zero-order valence-electron chi connectivity index (χ0n) is 17.6. The van der Waals surface area contributed by atoms with E-state index in [9.17, 15) is 14.7 Å². The van der Waals surface area contributed by atoms with Crippen molar-refractivity contribution in [2.75, 3.05) is 14.2 Å². The fourth-order valence-corrected chi connectivity index (χ4v) is 3.27. The Morgan fingerprint density at radius 2 is 1.60 bits per heavy atom. The minimum absolute atomic E-state index is 0.0314. The van der Waals surface area contributed by atoms with Gasteiger partial charge in [0.25, 0.3) is 0 Å². The van der Waals surface area contributed by atoms with E-state index in [2.05, 4.69) is 5.10 Å². The molecule has 0 saturated heterocycles. The molecule has 0 aliphatic carbocycles. The second-order valence-corrected chi connectivity index (χ2v) is 7.78. The first kappa shape index (κ1) is 21.1. The van der Waals surface area contributed by atoms with Gasteiger partial charge in [0, 0.05) is 5.56 Å². The number of carbonyl (C=O) groups is 2. The van der Waals surface area contributed by atoms with Gasteiger partial charge in [0.15, 0.2) is 5.69 Å². The Bertz CT molecular complexity index is 1090. The number of ether oxygens (including phenoxy) is 2. The van der Waals surface area contributed by atoms with Crippen LogP contribution in [0.4, 0.5) is 0 Å². The smallest absolute Gasteiger partial charge is 0.357 e. The summed E-state index contributed by atoms with van der Waals surface area (Å²) in [5, 5.41) is 15.1. The molecule has 2 aromatic carbocycles. The number of phenols is 1. The molecule has 7 nitrogen and oxygen atoms in total. The topological polar surface area (TPSA) is 90.6 Å².